The first-order valence-electron chi connectivity index (χ1n) is 13.7. The molecular formula is C28H58O2Si2. The molecule has 0 radical (unpaired) electrons. The van der Waals surface area contributed by atoms with Gasteiger partial charge in [-0.05, 0) is 87.1 Å². The minimum atomic E-state index is -1.66. The Morgan fingerprint density at radius 2 is 1.41 bits per heavy atom. The van der Waals surface area contributed by atoms with Crippen molar-refractivity contribution >= 4 is 16.6 Å². The van der Waals surface area contributed by atoms with Crippen LogP contribution in [0, 0.1) is 5.41 Å². The fraction of sp³-hybridized carbons (Fsp3) is 0.857. The van der Waals surface area contributed by atoms with E-state index in [1.807, 2.05) is 6.08 Å². The molecule has 4 heteroatoms. The molecular weight excluding hydrogens is 424 g/mol. The van der Waals surface area contributed by atoms with Crippen LogP contribution in [0.15, 0.2) is 24.3 Å². The van der Waals surface area contributed by atoms with Gasteiger partial charge in [-0.2, -0.15) is 0 Å². The van der Waals surface area contributed by atoms with Crippen molar-refractivity contribution in [1.29, 1.82) is 0 Å². The van der Waals surface area contributed by atoms with Crippen molar-refractivity contribution in [2.45, 2.75) is 143 Å². The van der Waals surface area contributed by atoms with E-state index in [1.54, 1.807) is 0 Å². The Hall–Kier alpha value is -0.166. The molecule has 0 aliphatic heterocycles. The van der Waals surface area contributed by atoms with Crippen LogP contribution in [0.5, 0.6) is 0 Å². The Bertz CT molecular complexity index is 503. The van der Waals surface area contributed by atoms with E-state index in [0.29, 0.717) is 6.10 Å². The topological polar surface area (TPSA) is 18.5 Å². The number of hydrogen-bond acceptors (Lipinski definition) is 2. The molecule has 0 bridgehead atoms. The van der Waals surface area contributed by atoms with Gasteiger partial charge in [0.2, 0.25) is 0 Å². The van der Waals surface area contributed by atoms with E-state index >= 15 is 0 Å². The predicted octanol–water partition coefficient (Wildman–Crippen LogP) is 9.90. The summed E-state index contributed by atoms with van der Waals surface area (Å²) in [7, 11) is -3.18. The molecule has 0 fully saturated rings. The smallest absolute Gasteiger partial charge is 0.192 e. The summed E-state index contributed by atoms with van der Waals surface area (Å²) in [6.45, 7) is 25.9. The SMILES string of the molecule is C=CCCC/C=C(\C)CCC(O[Si](CC)(CC)CC)C(C)(C)CCO[Si](CC)(CC)CC. The zero-order valence-corrected chi connectivity index (χ0v) is 25.4. The predicted molar refractivity (Wildman–Crippen MR) is 151 cm³/mol. The van der Waals surface area contributed by atoms with E-state index in [2.05, 4.69) is 75.0 Å². The van der Waals surface area contributed by atoms with Crippen LogP contribution in [-0.4, -0.2) is 29.3 Å². The molecule has 0 N–H and O–H groups in total. The second kappa shape index (κ2) is 16.5. The lowest BCUT2D eigenvalue weighted by atomic mass is 9.81. The summed E-state index contributed by atoms with van der Waals surface area (Å²) >= 11 is 0. The van der Waals surface area contributed by atoms with Crippen LogP contribution in [0.2, 0.25) is 36.3 Å². The molecule has 0 aromatic rings. The van der Waals surface area contributed by atoms with Gasteiger partial charge >= 0.3 is 0 Å². The molecule has 0 aromatic heterocycles. The normalized spacial score (nSPS) is 14.6. The van der Waals surface area contributed by atoms with Crippen molar-refractivity contribution < 1.29 is 8.85 Å². The molecule has 0 heterocycles. The van der Waals surface area contributed by atoms with Gasteiger partial charge < -0.3 is 8.85 Å². The third kappa shape index (κ3) is 10.8. The Morgan fingerprint density at radius 3 is 1.88 bits per heavy atom. The largest absolute Gasteiger partial charge is 0.417 e. The van der Waals surface area contributed by atoms with E-state index in [4.69, 9.17) is 8.85 Å². The maximum absolute atomic E-state index is 7.16. The first kappa shape index (κ1) is 31.8. The van der Waals surface area contributed by atoms with Crippen LogP contribution in [-0.2, 0) is 8.85 Å². The lowest BCUT2D eigenvalue weighted by Gasteiger charge is -2.42. The van der Waals surface area contributed by atoms with Gasteiger partial charge in [-0.3, -0.25) is 0 Å². The minimum Gasteiger partial charge on any atom is -0.417 e. The van der Waals surface area contributed by atoms with Gasteiger partial charge in [0.25, 0.3) is 0 Å². The molecule has 190 valence electrons. The molecule has 0 amide bonds. The molecule has 1 unspecified atom stereocenters. The monoisotopic (exact) mass is 482 g/mol. The van der Waals surface area contributed by atoms with Gasteiger partial charge in [-0.25, -0.2) is 0 Å². The zero-order valence-electron chi connectivity index (χ0n) is 23.4. The van der Waals surface area contributed by atoms with Gasteiger partial charge in [0.05, 0.1) is 6.10 Å². The Labute approximate surface area is 204 Å². The number of rotatable bonds is 20. The number of allylic oxidation sites excluding steroid dienone is 3. The highest BCUT2D eigenvalue weighted by molar-refractivity contribution is 6.74. The average molecular weight is 483 g/mol. The van der Waals surface area contributed by atoms with Gasteiger partial charge in [0.15, 0.2) is 16.6 Å². The second-order valence-corrected chi connectivity index (χ2v) is 20.0. The average Bonchev–Trinajstić information content (AvgIpc) is 2.80. The summed E-state index contributed by atoms with van der Waals surface area (Å²) in [4.78, 5) is 0. The third-order valence-corrected chi connectivity index (χ3v) is 17.5. The van der Waals surface area contributed by atoms with Crippen LogP contribution in [0.1, 0.15) is 101 Å². The van der Waals surface area contributed by atoms with Crippen molar-refractivity contribution in [3.05, 3.63) is 24.3 Å². The quantitative estimate of drug-likeness (QED) is 0.0976. The second-order valence-electron chi connectivity index (χ2n) is 10.5. The highest BCUT2D eigenvalue weighted by atomic mass is 28.4. The van der Waals surface area contributed by atoms with Crippen molar-refractivity contribution in [1.82, 2.24) is 0 Å². The summed E-state index contributed by atoms with van der Waals surface area (Å²) in [6, 6.07) is 7.35. The molecule has 0 aliphatic carbocycles. The van der Waals surface area contributed by atoms with Gasteiger partial charge in [0, 0.05) is 6.61 Å². The summed E-state index contributed by atoms with van der Waals surface area (Å²) in [5, 5.41) is 0. The van der Waals surface area contributed by atoms with E-state index < -0.39 is 16.6 Å². The van der Waals surface area contributed by atoms with Crippen molar-refractivity contribution in [3.63, 3.8) is 0 Å². The Balaban J connectivity index is 5.35. The standard InChI is InChI=1S/C28H58O2Si2/c1-11-18-19-20-21-26(8)22-23-27(30-32(15-5,16-6)17-7)28(9,10)24-25-29-31(12-2,13-3)14-4/h11,21,27H,1,12-20,22-25H2,2-10H3/b26-21+. The van der Waals surface area contributed by atoms with E-state index in [-0.39, 0.29) is 5.41 Å². The summed E-state index contributed by atoms with van der Waals surface area (Å²) in [5.41, 5.74) is 1.65. The van der Waals surface area contributed by atoms with Crippen LogP contribution in [0.3, 0.4) is 0 Å². The molecule has 0 spiro atoms. The molecule has 0 saturated heterocycles. The summed E-state index contributed by atoms with van der Waals surface area (Å²) in [6.07, 6.45) is 11.6. The fourth-order valence-corrected chi connectivity index (χ4v) is 10.4. The molecule has 32 heavy (non-hydrogen) atoms. The van der Waals surface area contributed by atoms with Crippen LogP contribution >= 0.6 is 0 Å². The van der Waals surface area contributed by atoms with Gasteiger partial charge in [0.1, 0.15) is 0 Å². The molecule has 0 saturated carbocycles. The van der Waals surface area contributed by atoms with Crippen LogP contribution in [0.4, 0.5) is 0 Å². The molecule has 0 aliphatic rings. The van der Waals surface area contributed by atoms with E-state index in [0.717, 1.165) is 38.7 Å². The van der Waals surface area contributed by atoms with Crippen molar-refractivity contribution in [2.24, 2.45) is 5.41 Å². The highest BCUT2D eigenvalue weighted by Crippen LogP contribution is 2.37. The minimum absolute atomic E-state index is 0.135. The molecule has 2 nitrogen and oxygen atoms in total. The maximum Gasteiger partial charge on any atom is 0.192 e. The van der Waals surface area contributed by atoms with E-state index in [1.165, 1.54) is 48.3 Å². The molecule has 0 rings (SSSR count). The Kier molecular flexibility index (Phi) is 16.4. The first-order chi connectivity index (χ1) is 15.1. The van der Waals surface area contributed by atoms with Gasteiger partial charge in [-0.1, -0.05) is 73.1 Å². The van der Waals surface area contributed by atoms with Crippen molar-refractivity contribution in [2.75, 3.05) is 6.61 Å². The number of hydrogen-bond donors (Lipinski definition) is 0. The molecule has 0 aromatic carbocycles. The lowest BCUT2D eigenvalue weighted by Crippen LogP contribution is -2.46. The van der Waals surface area contributed by atoms with Gasteiger partial charge in [-0.15, -0.1) is 6.58 Å². The highest BCUT2D eigenvalue weighted by Gasteiger charge is 2.39. The third-order valence-electron chi connectivity index (χ3n) is 8.19. The lowest BCUT2D eigenvalue weighted by molar-refractivity contribution is 0.0383. The Morgan fingerprint density at radius 1 is 0.875 bits per heavy atom. The zero-order chi connectivity index (χ0) is 24.7. The first-order valence-corrected chi connectivity index (χ1v) is 18.8. The maximum atomic E-state index is 7.16. The summed E-state index contributed by atoms with van der Waals surface area (Å²) in [5.74, 6) is 0. The van der Waals surface area contributed by atoms with Crippen LogP contribution < -0.4 is 0 Å². The van der Waals surface area contributed by atoms with E-state index in [9.17, 15) is 0 Å². The summed E-state index contributed by atoms with van der Waals surface area (Å²) < 4.78 is 13.8. The molecule has 1 atom stereocenters. The van der Waals surface area contributed by atoms with Crippen molar-refractivity contribution in [3.8, 4) is 0 Å². The number of unbranched alkanes of at least 4 members (excludes halogenated alkanes) is 2. The van der Waals surface area contributed by atoms with Crippen LogP contribution in [0.25, 0.3) is 0 Å². The fourth-order valence-electron chi connectivity index (χ4n) is 4.73.